The van der Waals surface area contributed by atoms with Gasteiger partial charge in [0.15, 0.2) is 0 Å². The third kappa shape index (κ3) is 2.94. The molecule has 0 atom stereocenters. The molecule has 0 N–H and O–H groups in total. The Hall–Kier alpha value is -1.84. The van der Waals surface area contributed by atoms with Crippen LogP contribution in [-0.2, 0) is 11.3 Å². The Morgan fingerprint density at radius 3 is 2.57 bits per heavy atom. The molecule has 0 saturated heterocycles. The molecular weight excluding hydrogens is 304 g/mol. The topological polar surface area (TPSA) is 26.3 Å². The molecule has 21 heavy (non-hydrogen) atoms. The van der Waals surface area contributed by atoms with E-state index in [0.29, 0.717) is 9.90 Å². The molecule has 4 heteroatoms. The van der Waals surface area contributed by atoms with E-state index in [2.05, 4.69) is 0 Å². The standard InChI is InChI=1S/C17H13ClO2S/c1-11-6-8-12(9-7-11)10-20-17(19)16-15(18)13-4-2-3-5-14(13)21-16/h2-9H,10H2,1H3. The van der Waals surface area contributed by atoms with Gasteiger partial charge in [-0.25, -0.2) is 4.79 Å². The molecule has 0 radical (unpaired) electrons. The minimum absolute atomic E-state index is 0.254. The predicted molar refractivity (Wildman–Crippen MR) is 87.1 cm³/mol. The predicted octanol–water partition coefficient (Wildman–Crippen LogP) is 5.22. The SMILES string of the molecule is Cc1ccc(COC(=O)c2sc3ccccc3c2Cl)cc1. The molecule has 0 bridgehead atoms. The van der Waals surface area contributed by atoms with Crippen LogP contribution in [0.5, 0.6) is 0 Å². The number of benzene rings is 2. The van der Waals surface area contributed by atoms with Gasteiger partial charge in [-0.05, 0) is 18.6 Å². The first-order valence-electron chi connectivity index (χ1n) is 6.55. The van der Waals surface area contributed by atoms with Crippen molar-refractivity contribution >= 4 is 39.0 Å². The number of hydrogen-bond donors (Lipinski definition) is 0. The lowest BCUT2D eigenvalue weighted by molar-refractivity contribution is 0.0479. The van der Waals surface area contributed by atoms with E-state index in [4.69, 9.17) is 16.3 Å². The zero-order valence-corrected chi connectivity index (χ0v) is 13.0. The minimum atomic E-state index is -0.373. The molecule has 0 aliphatic rings. The molecule has 0 spiro atoms. The van der Waals surface area contributed by atoms with Gasteiger partial charge < -0.3 is 4.74 Å². The number of aryl methyl sites for hydroxylation is 1. The van der Waals surface area contributed by atoms with Gasteiger partial charge in [0.2, 0.25) is 0 Å². The second kappa shape index (κ2) is 5.88. The fourth-order valence-corrected chi connectivity index (χ4v) is 3.45. The fourth-order valence-electron chi connectivity index (χ4n) is 2.04. The number of hydrogen-bond acceptors (Lipinski definition) is 3. The Morgan fingerprint density at radius 2 is 1.86 bits per heavy atom. The largest absolute Gasteiger partial charge is 0.457 e. The molecule has 0 fully saturated rings. The van der Waals surface area contributed by atoms with Gasteiger partial charge in [0.05, 0.1) is 5.02 Å². The summed E-state index contributed by atoms with van der Waals surface area (Å²) in [5.41, 5.74) is 2.14. The van der Waals surface area contributed by atoms with E-state index in [1.807, 2.05) is 55.5 Å². The maximum atomic E-state index is 12.2. The Kier molecular flexibility index (Phi) is 3.95. The van der Waals surface area contributed by atoms with Gasteiger partial charge in [-0.1, -0.05) is 59.6 Å². The number of ether oxygens (including phenoxy) is 1. The van der Waals surface area contributed by atoms with Gasteiger partial charge in [-0.2, -0.15) is 0 Å². The highest BCUT2D eigenvalue weighted by molar-refractivity contribution is 7.21. The van der Waals surface area contributed by atoms with Crippen molar-refractivity contribution in [1.82, 2.24) is 0 Å². The summed E-state index contributed by atoms with van der Waals surface area (Å²) in [6, 6.07) is 15.6. The van der Waals surface area contributed by atoms with E-state index in [0.717, 1.165) is 15.6 Å². The summed E-state index contributed by atoms with van der Waals surface area (Å²) in [4.78, 5) is 12.6. The van der Waals surface area contributed by atoms with Gasteiger partial charge in [0, 0.05) is 10.1 Å². The highest BCUT2D eigenvalue weighted by atomic mass is 35.5. The number of carbonyl (C=O) groups excluding carboxylic acids is 1. The normalized spacial score (nSPS) is 10.8. The van der Waals surface area contributed by atoms with Crippen molar-refractivity contribution in [2.75, 3.05) is 0 Å². The van der Waals surface area contributed by atoms with Gasteiger partial charge in [-0.15, -0.1) is 11.3 Å². The highest BCUT2D eigenvalue weighted by Gasteiger charge is 2.18. The van der Waals surface area contributed by atoms with E-state index in [1.165, 1.54) is 16.9 Å². The van der Waals surface area contributed by atoms with E-state index < -0.39 is 0 Å². The number of esters is 1. The average molecular weight is 317 g/mol. The number of rotatable bonds is 3. The van der Waals surface area contributed by atoms with Crippen LogP contribution in [0, 0.1) is 6.92 Å². The molecule has 3 rings (SSSR count). The van der Waals surface area contributed by atoms with Crippen LogP contribution in [0.25, 0.3) is 10.1 Å². The van der Waals surface area contributed by atoms with E-state index in [-0.39, 0.29) is 12.6 Å². The number of carbonyl (C=O) groups is 1. The van der Waals surface area contributed by atoms with Crippen LogP contribution in [0.2, 0.25) is 5.02 Å². The monoisotopic (exact) mass is 316 g/mol. The van der Waals surface area contributed by atoms with E-state index in [1.54, 1.807) is 0 Å². The molecule has 0 aliphatic carbocycles. The third-order valence-electron chi connectivity index (χ3n) is 3.21. The van der Waals surface area contributed by atoms with Crippen molar-refractivity contribution in [1.29, 1.82) is 0 Å². The molecule has 2 aromatic carbocycles. The summed E-state index contributed by atoms with van der Waals surface area (Å²) in [6.07, 6.45) is 0. The lowest BCUT2D eigenvalue weighted by Gasteiger charge is -2.04. The van der Waals surface area contributed by atoms with Crippen LogP contribution in [0.3, 0.4) is 0 Å². The molecule has 2 nitrogen and oxygen atoms in total. The first-order valence-corrected chi connectivity index (χ1v) is 7.74. The molecule has 1 heterocycles. The van der Waals surface area contributed by atoms with Gasteiger partial charge in [0.1, 0.15) is 11.5 Å². The fraction of sp³-hybridized carbons (Fsp3) is 0.118. The van der Waals surface area contributed by atoms with Crippen molar-refractivity contribution in [3.05, 3.63) is 69.6 Å². The average Bonchev–Trinajstić information content (AvgIpc) is 2.84. The number of halogens is 1. The first-order chi connectivity index (χ1) is 10.1. The highest BCUT2D eigenvalue weighted by Crippen LogP contribution is 2.35. The molecule has 0 amide bonds. The van der Waals surface area contributed by atoms with Crippen LogP contribution < -0.4 is 0 Å². The third-order valence-corrected chi connectivity index (χ3v) is 4.87. The van der Waals surface area contributed by atoms with Crippen LogP contribution in [0.4, 0.5) is 0 Å². The van der Waals surface area contributed by atoms with Crippen molar-refractivity contribution in [2.24, 2.45) is 0 Å². The van der Waals surface area contributed by atoms with Crippen LogP contribution in [0.1, 0.15) is 20.8 Å². The van der Waals surface area contributed by atoms with Gasteiger partial charge in [0.25, 0.3) is 0 Å². The molecule has 0 unspecified atom stereocenters. The quantitative estimate of drug-likeness (QED) is 0.619. The lowest BCUT2D eigenvalue weighted by atomic mass is 10.2. The van der Waals surface area contributed by atoms with Crippen molar-refractivity contribution in [2.45, 2.75) is 13.5 Å². The summed E-state index contributed by atoms with van der Waals surface area (Å²) in [5.74, 6) is -0.373. The zero-order chi connectivity index (χ0) is 14.8. The van der Waals surface area contributed by atoms with Gasteiger partial charge >= 0.3 is 5.97 Å². The maximum Gasteiger partial charge on any atom is 0.350 e. The summed E-state index contributed by atoms with van der Waals surface area (Å²) in [6.45, 7) is 2.27. The molecule has 3 aromatic rings. The molecule has 0 aliphatic heterocycles. The zero-order valence-electron chi connectivity index (χ0n) is 11.4. The summed E-state index contributed by atoms with van der Waals surface area (Å²) >= 11 is 7.63. The molecule has 1 aromatic heterocycles. The summed E-state index contributed by atoms with van der Waals surface area (Å²) < 4.78 is 6.34. The Morgan fingerprint density at radius 1 is 1.14 bits per heavy atom. The van der Waals surface area contributed by atoms with Gasteiger partial charge in [-0.3, -0.25) is 0 Å². The van der Waals surface area contributed by atoms with Crippen molar-refractivity contribution < 1.29 is 9.53 Å². The Labute approximate surface area is 131 Å². The van der Waals surface area contributed by atoms with Crippen LogP contribution >= 0.6 is 22.9 Å². The number of thiophene rings is 1. The van der Waals surface area contributed by atoms with E-state index in [9.17, 15) is 4.79 Å². The van der Waals surface area contributed by atoms with Crippen molar-refractivity contribution in [3.63, 3.8) is 0 Å². The molecule has 106 valence electrons. The van der Waals surface area contributed by atoms with Crippen LogP contribution in [-0.4, -0.2) is 5.97 Å². The second-order valence-corrected chi connectivity index (χ2v) is 6.23. The summed E-state index contributed by atoms with van der Waals surface area (Å²) in [7, 11) is 0. The Balaban J connectivity index is 1.78. The molecule has 0 saturated carbocycles. The first kappa shape index (κ1) is 14.1. The van der Waals surface area contributed by atoms with Crippen molar-refractivity contribution in [3.8, 4) is 0 Å². The van der Waals surface area contributed by atoms with E-state index >= 15 is 0 Å². The Bertz CT molecular complexity index is 790. The minimum Gasteiger partial charge on any atom is -0.457 e. The maximum absolute atomic E-state index is 12.2. The lowest BCUT2D eigenvalue weighted by Crippen LogP contribution is -2.03. The molecular formula is C17H13ClO2S. The number of fused-ring (bicyclic) bond motifs is 1. The second-order valence-electron chi connectivity index (χ2n) is 4.80. The summed E-state index contributed by atoms with van der Waals surface area (Å²) in [5, 5.41) is 1.37. The van der Waals surface area contributed by atoms with Crippen LogP contribution in [0.15, 0.2) is 48.5 Å². The smallest absolute Gasteiger partial charge is 0.350 e.